The van der Waals surface area contributed by atoms with Gasteiger partial charge in [-0.2, -0.15) is 0 Å². The molecule has 0 radical (unpaired) electrons. The van der Waals surface area contributed by atoms with Crippen LogP contribution in [0.3, 0.4) is 0 Å². The van der Waals surface area contributed by atoms with E-state index in [2.05, 4.69) is 4.72 Å². The number of benzene rings is 3. The summed E-state index contributed by atoms with van der Waals surface area (Å²) in [7, 11) is -3.62. The highest BCUT2D eigenvalue weighted by Gasteiger charge is 2.13. The molecule has 0 aliphatic carbocycles. The van der Waals surface area contributed by atoms with Gasteiger partial charge in [0.05, 0.1) is 4.90 Å². The molecule has 3 aromatic carbocycles. The Morgan fingerprint density at radius 1 is 0.750 bits per heavy atom. The zero-order chi connectivity index (χ0) is 17.0. The van der Waals surface area contributed by atoms with Crippen LogP contribution in [-0.4, -0.2) is 8.42 Å². The first-order chi connectivity index (χ1) is 11.5. The van der Waals surface area contributed by atoms with Gasteiger partial charge in [0.1, 0.15) is 0 Å². The minimum Gasteiger partial charge on any atom is -0.280 e. The molecule has 0 unspecified atom stereocenters. The smallest absolute Gasteiger partial charge is 0.261 e. The maximum atomic E-state index is 12.3. The fourth-order valence-electron chi connectivity index (χ4n) is 2.04. The van der Waals surface area contributed by atoms with E-state index in [0.717, 1.165) is 9.79 Å². The largest absolute Gasteiger partial charge is 0.280 e. The van der Waals surface area contributed by atoms with Gasteiger partial charge in [0, 0.05) is 20.5 Å². The lowest BCUT2D eigenvalue weighted by Crippen LogP contribution is -2.12. The van der Waals surface area contributed by atoms with Crippen molar-refractivity contribution in [1.82, 2.24) is 0 Å². The van der Waals surface area contributed by atoms with E-state index in [9.17, 15) is 8.42 Å². The Balaban J connectivity index is 1.73. The van der Waals surface area contributed by atoms with Gasteiger partial charge in [-0.3, -0.25) is 4.72 Å². The molecule has 3 aromatic rings. The predicted molar refractivity (Wildman–Crippen MR) is 99.3 cm³/mol. The summed E-state index contributed by atoms with van der Waals surface area (Å²) in [4.78, 5) is 2.34. The number of nitrogens with one attached hydrogen (secondary N) is 1. The second kappa shape index (κ2) is 7.30. The van der Waals surface area contributed by atoms with E-state index >= 15 is 0 Å². The maximum Gasteiger partial charge on any atom is 0.261 e. The summed E-state index contributed by atoms with van der Waals surface area (Å²) < 4.78 is 27.2. The molecule has 0 atom stereocenters. The monoisotopic (exact) mass is 375 g/mol. The van der Waals surface area contributed by atoms with E-state index in [-0.39, 0.29) is 4.90 Å². The lowest BCUT2D eigenvalue weighted by Gasteiger charge is -2.09. The van der Waals surface area contributed by atoms with Crippen LogP contribution in [0.25, 0.3) is 0 Å². The van der Waals surface area contributed by atoms with Crippen molar-refractivity contribution in [2.24, 2.45) is 0 Å². The Labute approximate surface area is 150 Å². The first-order valence-electron chi connectivity index (χ1n) is 7.14. The highest BCUT2D eigenvalue weighted by molar-refractivity contribution is 7.99. The molecule has 6 heteroatoms. The summed E-state index contributed by atoms with van der Waals surface area (Å²) in [5.41, 5.74) is 0.516. The summed E-state index contributed by atoms with van der Waals surface area (Å²) in [6.45, 7) is 0. The molecular formula is C18H14ClNO2S2. The van der Waals surface area contributed by atoms with E-state index < -0.39 is 10.0 Å². The van der Waals surface area contributed by atoms with Crippen molar-refractivity contribution < 1.29 is 8.42 Å². The fraction of sp³-hybridized carbons (Fsp3) is 0. The molecule has 3 rings (SSSR count). The van der Waals surface area contributed by atoms with Crippen molar-refractivity contribution in [1.29, 1.82) is 0 Å². The first-order valence-corrected chi connectivity index (χ1v) is 9.82. The third-order valence-electron chi connectivity index (χ3n) is 3.21. The fourth-order valence-corrected chi connectivity index (χ4v) is 4.07. The first kappa shape index (κ1) is 16.9. The summed E-state index contributed by atoms with van der Waals surface area (Å²) >= 11 is 7.41. The molecule has 0 aromatic heterocycles. The van der Waals surface area contributed by atoms with Gasteiger partial charge in [-0.05, 0) is 60.7 Å². The van der Waals surface area contributed by atoms with Crippen LogP contribution in [0, 0.1) is 0 Å². The molecule has 0 fully saturated rings. The van der Waals surface area contributed by atoms with Crippen LogP contribution in [0.2, 0.25) is 5.02 Å². The zero-order valence-corrected chi connectivity index (χ0v) is 14.9. The number of sulfonamides is 1. The zero-order valence-electron chi connectivity index (χ0n) is 12.5. The average Bonchev–Trinajstić information content (AvgIpc) is 2.58. The van der Waals surface area contributed by atoms with Crippen molar-refractivity contribution in [3.63, 3.8) is 0 Å². The molecule has 1 N–H and O–H groups in total. The normalized spacial score (nSPS) is 11.2. The van der Waals surface area contributed by atoms with Gasteiger partial charge in [-0.15, -0.1) is 0 Å². The molecule has 24 heavy (non-hydrogen) atoms. The van der Waals surface area contributed by atoms with Crippen molar-refractivity contribution in [3.8, 4) is 0 Å². The molecule has 0 saturated carbocycles. The quantitative estimate of drug-likeness (QED) is 0.658. The van der Waals surface area contributed by atoms with Gasteiger partial charge in [0.2, 0.25) is 0 Å². The molecule has 0 heterocycles. The number of halogens is 1. The Morgan fingerprint density at radius 3 is 1.96 bits per heavy atom. The van der Waals surface area contributed by atoms with E-state index in [4.69, 9.17) is 11.6 Å². The summed E-state index contributed by atoms with van der Waals surface area (Å²) in [5, 5.41) is 0.497. The molecule has 3 nitrogen and oxygen atoms in total. The van der Waals surface area contributed by atoms with Crippen LogP contribution < -0.4 is 4.72 Å². The molecule has 0 spiro atoms. The van der Waals surface area contributed by atoms with Gasteiger partial charge in [-0.1, -0.05) is 41.6 Å². The molecular weight excluding hydrogens is 362 g/mol. The lowest BCUT2D eigenvalue weighted by atomic mass is 10.3. The molecule has 122 valence electrons. The topological polar surface area (TPSA) is 46.2 Å². The Bertz CT molecular complexity index is 909. The number of hydrogen-bond donors (Lipinski definition) is 1. The number of rotatable bonds is 5. The Hall–Kier alpha value is -1.95. The molecule has 0 amide bonds. The molecule has 0 aliphatic heterocycles. The van der Waals surface area contributed by atoms with Crippen molar-refractivity contribution in [2.45, 2.75) is 14.7 Å². The average molecular weight is 376 g/mol. The van der Waals surface area contributed by atoms with Crippen LogP contribution in [0.4, 0.5) is 5.69 Å². The second-order valence-corrected chi connectivity index (χ2v) is 8.26. The minimum absolute atomic E-state index is 0.176. The van der Waals surface area contributed by atoms with Gasteiger partial charge in [-0.25, -0.2) is 8.42 Å². The van der Waals surface area contributed by atoms with Crippen LogP contribution in [-0.2, 0) is 10.0 Å². The molecule has 0 saturated heterocycles. The predicted octanol–water partition coefficient (Wildman–Crippen LogP) is 5.29. The number of hydrogen-bond acceptors (Lipinski definition) is 3. The lowest BCUT2D eigenvalue weighted by molar-refractivity contribution is 0.601. The van der Waals surface area contributed by atoms with Crippen LogP contribution in [0.5, 0.6) is 0 Å². The highest BCUT2D eigenvalue weighted by atomic mass is 35.5. The minimum atomic E-state index is -3.62. The van der Waals surface area contributed by atoms with Crippen molar-refractivity contribution in [3.05, 3.63) is 83.9 Å². The maximum absolute atomic E-state index is 12.3. The van der Waals surface area contributed by atoms with Crippen LogP contribution >= 0.6 is 23.4 Å². The summed E-state index contributed by atoms with van der Waals surface area (Å²) in [5.74, 6) is 0. The second-order valence-electron chi connectivity index (χ2n) is 5.00. The molecule has 0 aliphatic rings. The van der Waals surface area contributed by atoms with Gasteiger partial charge >= 0.3 is 0 Å². The van der Waals surface area contributed by atoms with Gasteiger partial charge in [0.15, 0.2) is 0 Å². The van der Waals surface area contributed by atoms with E-state index in [0.29, 0.717) is 10.7 Å². The van der Waals surface area contributed by atoms with E-state index in [1.165, 1.54) is 12.1 Å². The molecule has 0 bridgehead atoms. The Kier molecular flexibility index (Phi) is 5.14. The van der Waals surface area contributed by atoms with Crippen molar-refractivity contribution >= 4 is 39.1 Å². The Morgan fingerprint density at radius 2 is 1.33 bits per heavy atom. The van der Waals surface area contributed by atoms with Crippen LogP contribution in [0.1, 0.15) is 0 Å². The van der Waals surface area contributed by atoms with E-state index in [1.807, 2.05) is 42.5 Å². The van der Waals surface area contributed by atoms with Crippen LogP contribution in [0.15, 0.2) is 93.5 Å². The van der Waals surface area contributed by atoms with Crippen molar-refractivity contribution in [2.75, 3.05) is 4.72 Å². The SMILES string of the molecule is O=S(=O)(Nc1ccc(Sc2ccccc2)cc1)c1ccc(Cl)cc1. The van der Waals surface area contributed by atoms with Gasteiger partial charge in [0.25, 0.3) is 10.0 Å². The van der Waals surface area contributed by atoms with Gasteiger partial charge < -0.3 is 0 Å². The highest BCUT2D eigenvalue weighted by Crippen LogP contribution is 2.28. The summed E-state index contributed by atoms with van der Waals surface area (Å²) in [6.07, 6.45) is 0. The third kappa shape index (κ3) is 4.32. The number of anilines is 1. The standard InChI is InChI=1S/C18H14ClNO2S2/c19-14-6-12-18(13-7-14)24(21,22)20-15-8-10-17(11-9-15)23-16-4-2-1-3-5-16/h1-13,20H. The van der Waals surface area contributed by atoms with E-state index in [1.54, 1.807) is 36.0 Å². The summed E-state index contributed by atoms with van der Waals surface area (Å²) in [6, 6.07) is 23.3. The third-order valence-corrected chi connectivity index (χ3v) is 5.87.